The van der Waals surface area contributed by atoms with Crippen molar-refractivity contribution in [3.05, 3.63) is 12.7 Å². The number of likely N-dealkylation sites (tertiary alicyclic amines) is 1. The third-order valence-electron chi connectivity index (χ3n) is 11.5. The van der Waals surface area contributed by atoms with Crippen LogP contribution in [0.3, 0.4) is 0 Å². The van der Waals surface area contributed by atoms with Crippen LogP contribution in [0, 0.1) is 30.1 Å². The predicted octanol–water partition coefficient (Wildman–Crippen LogP) is 3.55. The van der Waals surface area contributed by atoms with Crippen LogP contribution in [0.15, 0.2) is 12.7 Å². The molecule has 0 spiro atoms. The summed E-state index contributed by atoms with van der Waals surface area (Å²) in [6.45, 7) is 8.99. The second-order valence-electron chi connectivity index (χ2n) is 16.1. The van der Waals surface area contributed by atoms with Gasteiger partial charge in [-0.1, -0.05) is 51.0 Å². The second-order valence-corrected chi connectivity index (χ2v) is 18.9. The fraction of sp³-hybridized carbons (Fsp3) is 0.763. The molecule has 1 saturated heterocycles. The van der Waals surface area contributed by atoms with Gasteiger partial charge in [0.05, 0.1) is 22.1 Å². The van der Waals surface area contributed by atoms with E-state index < -0.39 is 61.9 Å². The van der Waals surface area contributed by atoms with E-state index in [0.717, 1.165) is 70.6 Å². The van der Waals surface area contributed by atoms with Gasteiger partial charge in [0.2, 0.25) is 17.6 Å². The smallest absolute Gasteiger partial charge is 0.315 e. The molecule has 0 bridgehead atoms. The van der Waals surface area contributed by atoms with Crippen LogP contribution in [0.25, 0.3) is 0 Å². The zero-order valence-corrected chi connectivity index (χ0v) is 31.6. The molecule has 12 nitrogen and oxygen atoms in total. The van der Waals surface area contributed by atoms with Gasteiger partial charge in [-0.25, -0.2) is 13.2 Å². The van der Waals surface area contributed by atoms with E-state index in [1.165, 1.54) is 6.08 Å². The number of fused-ring (bicyclic) bond motifs is 1. The molecule has 0 aromatic carbocycles. The Morgan fingerprint density at radius 1 is 0.961 bits per heavy atom. The Kier molecular flexibility index (Phi) is 13.8. The van der Waals surface area contributed by atoms with Gasteiger partial charge in [0.15, 0.2) is 9.84 Å². The van der Waals surface area contributed by atoms with Crippen LogP contribution in [0.1, 0.15) is 117 Å². The van der Waals surface area contributed by atoms with E-state index in [4.69, 9.17) is 6.42 Å². The molecule has 0 aromatic heterocycles. The van der Waals surface area contributed by atoms with Crippen LogP contribution in [0.2, 0.25) is 0 Å². The van der Waals surface area contributed by atoms with Crippen molar-refractivity contribution in [3.63, 3.8) is 0 Å². The molecule has 4 fully saturated rings. The van der Waals surface area contributed by atoms with Gasteiger partial charge >= 0.3 is 6.03 Å². The molecule has 1 unspecified atom stereocenters. The zero-order chi connectivity index (χ0) is 37.4. The summed E-state index contributed by atoms with van der Waals surface area (Å²) in [4.78, 5) is 70.1. The average molecular weight is 730 g/mol. The minimum absolute atomic E-state index is 0.0659. The number of carbonyl (C=O) groups is 5. The van der Waals surface area contributed by atoms with Crippen LogP contribution in [0.4, 0.5) is 4.79 Å². The van der Waals surface area contributed by atoms with Gasteiger partial charge in [0.1, 0.15) is 12.1 Å². The first kappa shape index (κ1) is 40.4. The summed E-state index contributed by atoms with van der Waals surface area (Å²) in [5.41, 5.74) is -0.945. The maximum Gasteiger partial charge on any atom is 0.315 e. The van der Waals surface area contributed by atoms with Gasteiger partial charge in [0, 0.05) is 19.5 Å². The van der Waals surface area contributed by atoms with E-state index in [1.807, 2.05) is 0 Å². The molecule has 284 valence electrons. The summed E-state index contributed by atoms with van der Waals surface area (Å²) < 4.78 is 25.8. The first-order valence-electron chi connectivity index (χ1n) is 18.9. The number of hydrogen-bond donors (Lipinski definition) is 4. The van der Waals surface area contributed by atoms with E-state index >= 15 is 0 Å². The van der Waals surface area contributed by atoms with Crippen molar-refractivity contribution in [1.82, 2.24) is 26.2 Å². The largest absolute Gasteiger partial charge is 0.346 e. The zero-order valence-electron chi connectivity index (χ0n) is 30.8. The molecule has 3 aliphatic carbocycles. The summed E-state index contributed by atoms with van der Waals surface area (Å²) in [7, 11) is -3.56. The van der Waals surface area contributed by atoms with E-state index in [2.05, 4.69) is 33.8 Å². The lowest BCUT2D eigenvalue weighted by Gasteiger charge is -2.41. The molecule has 4 rings (SSSR count). The Bertz CT molecular complexity index is 1450. The van der Waals surface area contributed by atoms with Gasteiger partial charge in [-0.05, 0) is 83.5 Å². The van der Waals surface area contributed by atoms with Crippen LogP contribution in [0.5, 0.6) is 0 Å². The number of urea groups is 1. The predicted molar refractivity (Wildman–Crippen MR) is 196 cm³/mol. The molecule has 3 saturated carbocycles. The number of Topliss-reactive ketones (excluding diaryl/α,β-unsaturated/α-hetero) is 1. The van der Waals surface area contributed by atoms with Gasteiger partial charge < -0.3 is 26.2 Å². The number of hydrogen-bond acceptors (Lipinski definition) is 7. The molecule has 51 heavy (non-hydrogen) atoms. The quantitative estimate of drug-likeness (QED) is 0.120. The molecule has 5 atom stereocenters. The lowest BCUT2D eigenvalue weighted by atomic mass is 9.82. The summed E-state index contributed by atoms with van der Waals surface area (Å²) >= 11 is 0. The van der Waals surface area contributed by atoms with Crippen molar-refractivity contribution in [3.8, 4) is 12.3 Å². The molecule has 13 heteroatoms. The van der Waals surface area contributed by atoms with Crippen LogP contribution >= 0.6 is 0 Å². The molecule has 4 N–H and O–H groups in total. The van der Waals surface area contributed by atoms with Gasteiger partial charge in [-0.3, -0.25) is 19.2 Å². The first-order chi connectivity index (χ1) is 24.1. The highest BCUT2D eigenvalue weighted by molar-refractivity contribution is 7.92. The SMILES string of the molecule is C#CCCC(NC(=O)[C@@H]1[C@H]2CCC[C@H]2CN1C(=O)[C@@H](NC(=O)NC1(CS(=O)(=O)C(C)(C)C)CCCCC1)C1CCCCC1)C(=O)C(=O)NCC=C. The Hall–Kier alpha value is -3.40. The molecular formula is C38H59N5O7S. The number of amides is 5. The molecule has 0 aromatic rings. The van der Waals surface area contributed by atoms with Crippen molar-refractivity contribution in [1.29, 1.82) is 0 Å². The number of rotatable bonds is 14. The summed E-state index contributed by atoms with van der Waals surface area (Å²) in [5, 5.41) is 11.3. The van der Waals surface area contributed by atoms with Gasteiger partial charge in [-0.2, -0.15) is 0 Å². The standard InChI is InChI=1S/C38H59N5O7S/c1-6-8-20-29(32(44)34(46)39-23-7-2)40-33(45)31-28-19-15-18-27(28)24-43(31)35(47)30(26-16-11-9-12-17-26)41-36(48)42-38(21-13-10-14-22-38)25-51(49,50)37(3,4)5/h1,7,26-31H,2,8-25H2,3-5H3,(H,39,46)(H,40,45)(H2,41,42,48)/t27-,28-,29?,30-,31-/m0/s1. The van der Waals surface area contributed by atoms with Crippen LogP contribution < -0.4 is 21.3 Å². The van der Waals surface area contributed by atoms with Crippen molar-refractivity contribution < 1.29 is 32.4 Å². The Labute approximate surface area is 304 Å². The van der Waals surface area contributed by atoms with Crippen molar-refractivity contribution >= 4 is 39.4 Å². The summed E-state index contributed by atoms with van der Waals surface area (Å²) in [5.74, 6) is -0.421. The third kappa shape index (κ3) is 9.93. The van der Waals surface area contributed by atoms with Crippen LogP contribution in [-0.2, 0) is 29.0 Å². The van der Waals surface area contributed by atoms with Gasteiger partial charge in [0.25, 0.3) is 5.91 Å². The summed E-state index contributed by atoms with van der Waals surface area (Å²) in [6, 6.07) is -3.52. The topological polar surface area (TPSA) is 171 Å². The minimum atomic E-state index is -3.56. The molecule has 1 aliphatic heterocycles. The molecule has 1 heterocycles. The van der Waals surface area contributed by atoms with Gasteiger partial charge in [-0.15, -0.1) is 18.9 Å². The number of nitrogens with zero attached hydrogens (tertiary/aromatic N) is 1. The van der Waals surface area contributed by atoms with E-state index in [9.17, 15) is 32.4 Å². The fourth-order valence-electron chi connectivity index (χ4n) is 8.59. The molecule has 4 aliphatic rings. The minimum Gasteiger partial charge on any atom is -0.346 e. The highest BCUT2D eigenvalue weighted by atomic mass is 32.2. The first-order valence-corrected chi connectivity index (χ1v) is 20.6. The fourth-order valence-corrected chi connectivity index (χ4v) is 10.1. The van der Waals surface area contributed by atoms with Crippen molar-refractivity contribution in [2.45, 2.75) is 145 Å². The summed E-state index contributed by atoms with van der Waals surface area (Å²) in [6.07, 6.45) is 17.6. The number of sulfone groups is 1. The number of ketones is 1. The lowest BCUT2D eigenvalue weighted by Crippen LogP contribution is -2.63. The average Bonchev–Trinajstić information content (AvgIpc) is 3.69. The van der Waals surface area contributed by atoms with Crippen molar-refractivity contribution in [2.75, 3.05) is 18.8 Å². The Balaban J connectivity index is 1.59. The highest BCUT2D eigenvalue weighted by Crippen LogP contribution is 2.43. The number of carbonyl (C=O) groups excluding carboxylic acids is 5. The molecular weight excluding hydrogens is 671 g/mol. The van der Waals surface area contributed by atoms with E-state index in [0.29, 0.717) is 19.4 Å². The number of nitrogens with one attached hydrogen (secondary N) is 4. The molecule has 0 radical (unpaired) electrons. The monoisotopic (exact) mass is 729 g/mol. The Morgan fingerprint density at radius 3 is 2.25 bits per heavy atom. The molecule has 5 amide bonds. The van der Waals surface area contributed by atoms with E-state index in [-0.39, 0.29) is 48.8 Å². The maximum absolute atomic E-state index is 14.7. The van der Waals surface area contributed by atoms with Crippen LogP contribution in [-0.4, -0.2) is 90.1 Å². The Morgan fingerprint density at radius 2 is 1.63 bits per heavy atom. The normalized spacial score (nSPS) is 24.7. The highest BCUT2D eigenvalue weighted by Gasteiger charge is 2.52. The van der Waals surface area contributed by atoms with E-state index in [1.54, 1.807) is 25.7 Å². The lowest BCUT2D eigenvalue weighted by molar-refractivity contribution is -0.144. The number of terminal acetylenes is 1. The maximum atomic E-state index is 14.7. The second kappa shape index (κ2) is 17.4. The van der Waals surface area contributed by atoms with Crippen molar-refractivity contribution in [2.24, 2.45) is 17.8 Å². The third-order valence-corrected chi connectivity index (χ3v) is 14.3.